The predicted molar refractivity (Wildman–Crippen MR) is 88.8 cm³/mol. The van der Waals surface area contributed by atoms with Gasteiger partial charge in [0.25, 0.3) is 0 Å². The van der Waals surface area contributed by atoms with Gasteiger partial charge >= 0.3 is 0 Å². The van der Waals surface area contributed by atoms with Gasteiger partial charge in [-0.05, 0) is 43.2 Å². The monoisotopic (exact) mass is 356 g/mol. The molecule has 2 fully saturated rings. The maximum absolute atomic E-state index is 12.8. The van der Waals surface area contributed by atoms with Crippen molar-refractivity contribution in [3.8, 4) is 0 Å². The maximum Gasteiger partial charge on any atom is 0.242 e. The van der Waals surface area contributed by atoms with Gasteiger partial charge in [0.1, 0.15) is 4.90 Å². The van der Waals surface area contributed by atoms with Gasteiger partial charge in [0.05, 0.1) is 5.02 Å². The van der Waals surface area contributed by atoms with Gasteiger partial charge in [0.15, 0.2) is 0 Å². The van der Waals surface area contributed by atoms with E-state index in [2.05, 4.69) is 4.72 Å². The van der Waals surface area contributed by atoms with E-state index < -0.39 is 10.0 Å². The van der Waals surface area contributed by atoms with Crippen LogP contribution in [0.5, 0.6) is 0 Å². The van der Waals surface area contributed by atoms with Crippen molar-refractivity contribution in [2.24, 2.45) is 11.8 Å². The first-order valence-corrected chi connectivity index (χ1v) is 9.68. The summed E-state index contributed by atoms with van der Waals surface area (Å²) < 4.78 is 28.4. The zero-order valence-corrected chi connectivity index (χ0v) is 14.8. The lowest BCUT2D eigenvalue weighted by Crippen LogP contribution is -2.41. The molecule has 2 atom stereocenters. The number of carbonyl (C=O) groups excluding carboxylic acids is 1. The summed E-state index contributed by atoms with van der Waals surface area (Å²) in [5, 5.41) is 0.224. The molecule has 1 heterocycles. The summed E-state index contributed by atoms with van der Waals surface area (Å²) in [5.41, 5.74) is 0.620. The van der Waals surface area contributed by atoms with Crippen LogP contribution in [0.25, 0.3) is 0 Å². The Kier molecular flexibility index (Phi) is 4.42. The van der Waals surface area contributed by atoms with Gasteiger partial charge in [-0.2, -0.15) is 0 Å². The van der Waals surface area contributed by atoms with Crippen LogP contribution < -0.4 is 4.72 Å². The minimum Gasteiger partial charge on any atom is -0.341 e. The van der Waals surface area contributed by atoms with E-state index in [1.807, 2.05) is 0 Å². The van der Waals surface area contributed by atoms with Crippen LogP contribution in [0.1, 0.15) is 25.3 Å². The van der Waals surface area contributed by atoms with Gasteiger partial charge in [0, 0.05) is 26.1 Å². The molecule has 0 spiro atoms. The van der Waals surface area contributed by atoms with Crippen LogP contribution in [0.3, 0.4) is 0 Å². The zero-order chi connectivity index (χ0) is 16.8. The topological polar surface area (TPSA) is 66.5 Å². The van der Waals surface area contributed by atoms with Gasteiger partial charge in [-0.1, -0.05) is 23.7 Å². The molecule has 3 rings (SSSR count). The molecule has 23 heavy (non-hydrogen) atoms. The number of benzene rings is 1. The number of hydrogen-bond donors (Lipinski definition) is 1. The number of likely N-dealkylation sites (tertiary alicyclic amines) is 1. The second kappa shape index (κ2) is 6.07. The summed E-state index contributed by atoms with van der Waals surface area (Å²) >= 11 is 6.11. The molecule has 1 saturated carbocycles. The van der Waals surface area contributed by atoms with Crippen molar-refractivity contribution >= 4 is 27.5 Å². The molecule has 0 unspecified atom stereocenters. The molecule has 1 amide bonds. The highest BCUT2D eigenvalue weighted by Crippen LogP contribution is 2.42. The van der Waals surface area contributed by atoms with Crippen molar-refractivity contribution in [3.63, 3.8) is 0 Å². The Morgan fingerprint density at radius 1 is 1.30 bits per heavy atom. The second-order valence-corrected chi connectivity index (χ2v) is 8.60. The van der Waals surface area contributed by atoms with Gasteiger partial charge < -0.3 is 4.90 Å². The Bertz CT molecular complexity index is 711. The zero-order valence-electron chi connectivity index (χ0n) is 13.3. The maximum atomic E-state index is 12.8. The van der Waals surface area contributed by atoms with Crippen LogP contribution >= 0.6 is 11.6 Å². The van der Waals surface area contributed by atoms with Crippen LogP contribution in [-0.2, 0) is 14.8 Å². The van der Waals surface area contributed by atoms with Crippen molar-refractivity contribution in [3.05, 3.63) is 28.8 Å². The highest BCUT2D eigenvalue weighted by molar-refractivity contribution is 7.89. The Balaban J connectivity index is 1.86. The molecule has 2 aliphatic rings. The summed E-state index contributed by atoms with van der Waals surface area (Å²) in [7, 11) is -3.71. The summed E-state index contributed by atoms with van der Waals surface area (Å²) in [5.74, 6) is 0.696. The highest BCUT2D eigenvalue weighted by atomic mass is 35.5. The molecule has 5 nitrogen and oxygen atoms in total. The molecule has 1 aromatic rings. The van der Waals surface area contributed by atoms with Gasteiger partial charge in [0.2, 0.25) is 15.9 Å². The molecule has 0 aromatic heterocycles. The quantitative estimate of drug-likeness (QED) is 0.899. The minimum atomic E-state index is -3.71. The molecule has 126 valence electrons. The highest BCUT2D eigenvalue weighted by Gasteiger charge is 2.44. The number of aryl methyl sites for hydroxylation is 1. The second-order valence-electron chi connectivity index (χ2n) is 6.54. The third kappa shape index (κ3) is 3.39. The van der Waals surface area contributed by atoms with Gasteiger partial charge in [-0.15, -0.1) is 0 Å². The summed E-state index contributed by atoms with van der Waals surface area (Å²) in [4.78, 5) is 13.5. The molecule has 1 aliphatic heterocycles. The van der Waals surface area contributed by atoms with Gasteiger partial charge in [-0.3, -0.25) is 4.79 Å². The first-order valence-electron chi connectivity index (χ1n) is 7.82. The lowest BCUT2D eigenvalue weighted by Gasteiger charge is -2.20. The Morgan fingerprint density at radius 2 is 2.00 bits per heavy atom. The van der Waals surface area contributed by atoms with Crippen molar-refractivity contribution < 1.29 is 13.2 Å². The van der Waals surface area contributed by atoms with Crippen LogP contribution in [0.4, 0.5) is 0 Å². The number of nitrogens with one attached hydrogen (secondary N) is 1. The third-order valence-electron chi connectivity index (χ3n) is 4.78. The fraction of sp³-hybridized carbons (Fsp3) is 0.562. The fourth-order valence-corrected chi connectivity index (χ4v) is 5.54. The molecular formula is C16H21ClN2O3S. The number of rotatable bonds is 4. The largest absolute Gasteiger partial charge is 0.341 e. The SMILES string of the molecule is CC(=O)N1C[C@@H](NS(=O)(=O)c2c(C)cccc2Cl)[C@H](C2CC2)C1. The smallest absolute Gasteiger partial charge is 0.242 e. The standard InChI is InChI=1S/C16H21ClN2O3S/c1-10-4-3-5-14(17)16(10)23(21,22)18-15-9-19(11(2)20)8-13(15)12-6-7-12/h3-5,12-13,15,18H,6-9H2,1-2H3/t13-,15+/m0/s1. The number of nitrogens with zero attached hydrogens (tertiary/aromatic N) is 1. The molecule has 1 saturated heterocycles. The fourth-order valence-electron chi connectivity index (χ4n) is 3.43. The van der Waals surface area contributed by atoms with E-state index in [9.17, 15) is 13.2 Å². The van der Waals surface area contributed by atoms with E-state index in [-0.39, 0.29) is 27.8 Å². The van der Waals surface area contributed by atoms with E-state index in [1.54, 1.807) is 30.0 Å². The number of carbonyl (C=O) groups is 1. The van der Waals surface area contributed by atoms with Gasteiger partial charge in [-0.25, -0.2) is 13.1 Å². The summed E-state index contributed by atoms with van der Waals surface area (Å²) in [6.07, 6.45) is 2.22. The van der Waals surface area contributed by atoms with Crippen LogP contribution in [-0.4, -0.2) is 38.4 Å². The Hall–Kier alpha value is -1.11. The molecule has 1 aliphatic carbocycles. The van der Waals surface area contributed by atoms with Crippen molar-refractivity contribution in [2.75, 3.05) is 13.1 Å². The normalized spacial score (nSPS) is 24.9. The third-order valence-corrected chi connectivity index (χ3v) is 6.90. The van der Waals surface area contributed by atoms with Crippen molar-refractivity contribution in [1.82, 2.24) is 9.62 Å². The Labute approximate surface area is 142 Å². The van der Waals surface area contributed by atoms with E-state index in [0.717, 1.165) is 12.8 Å². The molecular weight excluding hydrogens is 336 g/mol. The van der Waals surface area contributed by atoms with E-state index in [0.29, 0.717) is 24.6 Å². The first kappa shape index (κ1) is 16.7. The lowest BCUT2D eigenvalue weighted by atomic mass is 9.99. The first-order chi connectivity index (χ1) is 10.8. The molecule has 0 radical (unpaired) electrons. The Morgan fingerprint density at radius 3 is 2.57 bits per heavy atom. The number of amides is 1. The van der Waals surface area contributed by atoms with E-state index in [1.165, 1.54) is 6.92 Å². The molecule has 7 heteroatoms. The predicted octanol–water partition coefficient (Wildman–Crippen LogP) is 2.18. The van der Waals surface area contributed by atoms with Crippen molar-refractivity contribution in [1.29, 1.82) is 0 Å². The van der Waals surface area contributed by atoms with E-state index in [4.69, 9.17) is 11.6 Å². The molecule has 0 bridgehead atoms. The minimum absolute atomic E-state index is 0.00808. The number of hydrogen-bond acceptors (Lipinski definition) is 3. The number of halogens is 1. The van der Waals surface area contributed by atoms with Crippen LogP contribution in [0, 0.1) is 18.8 Å². The number of sulfonamides is 1. The summed E-state index contributed by atoms with van der Waals surface area (Å²) in [6, 6.07) is 4.80. The average Bonchev–Trinajstić information content (AvgIpc) is 3.19. The van der Waals surface area contributed by atoms with Crippen LogP contribution in [0.2, 0.25) is 5.02 Å². The summed E-state index contributed by atoms with van der Waals surface area (Å²) in [6.45, 7) is 4.32. The van der Waals surface area contributed by atoms with Crippen LogP contribution in [0.15, 0.2) is 23.1 Å². The van der Waals surface area contributed by atoms with E-state index >= 15 is 0 Å². The van der Waals surface area contributed by atoms with Crippen molar-refractivity contribution in [2.45, 2.75) is 37.6 Å². The average molecular weight is 357 g/mol. The lowest BCUT2D eigenvalue weighted by molar-refractivity contribution is -0.128. The molecule has 1 aromatic carbocycles. The molecule has 1 N–H and O–H groups in total.